The third-order valence-electron chi connectivity index (χ3n) is 3.70. The molecule has 1 N–H and O–H groups in total. The number of carbonyl (C=O) groups is 1. The average Bonchev–Trinajstić information content (AvgIpc) is 2.96. The number of esters is 1. The number of likely N-dealkylation sites (N-methyl/N-ethyl adjacent to an activating group) is 1. The fourth-order valence-electron chi connectivity index (χ4n) is 2.68. The minimum atomic E-state index is -3.81. The van der Waals surface area contributed by atoms with Crippen LogP contribution in [-0.4, -0.2) is 52.0 Å². The van der Waals surface area contributed by atoms with Crippen LogP contribution >= 0.6 is 24.0 Å². The van der Waals surface area contributed by atoms with E-state index in [4.69, 9.17) is 11.6 Å². The molecule has 1 aromatic rings. The molecule has 1 unspecified atom stereocenters. The molecule has 130 valence electrons. The van der Waals surface area contributed by atoms with Gasteiger partial charge in [0.25, 0.3) is 0 Å². The zero-order chi connectivity index (χ0) is 16.3. The minimum Gasteiger partial charge on any atom is -0.465 e. The molecule has 1 heterocycles. The number of benzene rings is 1. The molecular weight excluding hydrogens is 363 g/mol. The van der Waals surface area contributed by atoms with E-state index in [1.54, 1.807) is 7.05 Å². The summed E-state index contributed by atoms with van der Waals surface area (Å²) in [5.74, 6) is -0.695. The molecule has 0 aliphatic carbocycles. The van der Waals surface area contributed by atoms with E-state index < -0.39 is 16.0 Å². The highest BCUT2D eigenvalue weighted by Crippen LogP contribution is 2.29. The molecule has 1 atom stereocenters. The maximum absolute atomic E-state index is 12.9. The van der Waals surface area contributed by atoms with Crippen molar-refractivity contribution in [3.05, 3.63) is 28.8 Å². The van der Waals surface area contributed by atoms with Crippen molar-refractivity contribution in [1.82, 2.24) is 9.62 Å². The number of carbonyl (C=O) groups excluding carboxylic acids is 1. The van der Waals surface area contributed by atoms with Gasteiger partial charge in [-0.3, -0.25) is 0 Å². The lowest BCUT2D eigenvalue weighted by atomic mass is 10.2. The normalized spacial score (nSPS) is 18.5. The maximum Gasteiger partial charge on any atom is 0.339 e. The Labute approximate surface area is 147 Å². The Morgan fingerprint density at radius 1 is 1.48 bits per heavy atom. The highest BCUT2D eigenvalue weighted by atomic mass is 35.5. The fourth-order valence-corrected chi connectivity index (χ4v) is 4.82. The van der Waals surface area contributed by atoms with Crippen LogP contribution in [0.1, 0.15) is 23.2 Å². The molecule has 9 heteroatoms. The first-order chi connectivity index (χ1) is 10.4. The topological polar surface area (TPSA) is 75.7 Å². The van der Waals surface area contributed by atoms with Crippen LogP contribution in [0.15, 0.2) is 23.1 Å². The van der Waals surface area contributed by atoms with Crippen LogP contribution in [-0.2, 0) is 14.8 Å². The van der Waals surface area contributed by atoms with Crippen molar-refractivity contribution in [2.45, 2.75) is 23.8 Å². The fraction of sp³-hybridized carbons (Fsp3) is 0.500. The monoisotopic (exact) mass is 382 g/mol. The summed E-state index contributed by atoms with van der Waals surface area (Å²) in [5.41, 5.74) is 0.00186. The average molecular weight is 383 g/mol. The quantitative estimate of drug-likeness (QED) is 0.787. The molecule has 1 aliphatic heterocycles. The molecule has 1 saturated heterocycles. The van der Waals surface area contributed by atoms with Gasteiger partial charge in [0.1, 0.15) is 0 Å². The van der Waals surface area contributed by atoms with Gasteiger partial charge >= 0.3 is 5.97 Å². The largest absolute Gasteiger partial charge is 0.465 e. The Kier molecular flexibility index (Phi) is 7.29. The van der Waals surface area contributed by atoms with E-state index in [0.717, 1.165) is 12.8 Å². The predicted molar refractivity (Wildman–Crippen MR) is 90.9 cm³/mol. The maximum atomic E-state index is 12.9. The van der Waals surface area contributed by atoms with Gasteiger partial charge in [-0.25, -0.2) is 13.2 Å². The van der Waals surface area contributed by atoms with Crippen molar-refractivity contribution in [2.24, 2.45) is 0 Å². The second kappa shape index (κ2) is 8.30. The van der Waals surface area contributed by atoms with E-state index in [9.17, 15) is 13.2 Å². The van der Waals surface area contributed by atoms with Gasteiger partial charge < -0.3 is 10.1 Å². The van der Waals surface area contributed by atoms with Crippen LogP contribution in [0.3, 0.4) is 0 Å². The first-order valence-electron chi connectivity index (χ1n) is 6.96. The molecule has 2 rings (SSSR count). The summed E-state index contributed by atoms with van der Waals surface area (Å²) < 4.78 is 32.0. The summed E-state index contributed by atoms with van der Waals surface area (Å²) in [7, 11) is -0.815. The molecule has 0 spiro atoms. The van der Waals surface area contributed by atoms with Gasteiger partial charge in [0.2, 0.25) is 10.0 Å². The van der Waals surface area contributed by atoms with Gasteiger partial charge in [0.05, 0.1) is 17.6 Å². The minimum absolute atomic E-state index is 0. The van der Waals surface area contributed by atoms with Crippen LogP contribution < -0.4 is 5.32 Å². The summed E-state index contributed by atoms with van der Waals surface area (Å²) in [5, 5.41) is 3.26. The Morgan fingerprint density at radius 3 is 2.78 bits per heavy atom. The number of nitrogens with zero attached hydrogens (tertiary/aromatic N) is 1. The van der Waals surface area contributed by atoms with E-state index in [-0.39, 0.29) is 33.9 Å². The molecule has 0 amide bonds. The molecule has 0 radical (unpaired) electrons. The van der Waals surface area contributed by atoms with E-state index in [1.807, 2.05) is 0 Å². The van der Waals surface area contributed by atoms with E-state index >= 15 is 0 Å². The third-order valence-corrected chi connectivity index (χ3v) is 5.93. The van der Waals surface area contributed by atoms with Gasteiger partial charge in [0, 0.05) is 24.2 Å². The lowest BCUT2D eigenvalue weighted by molar-refractivity contribution is 0.0596. The van der Waals surface area contributed by atoms with Crippen molar-refractivity contribution in [3.8, 4) is 0 Å². The summed E-state index contributed by atoms with van der Waals surface area (Å²) in [4.78, 5) is 11.8. The zero-order valence-electron chi connectivity index (χ0n) is 12.9. The third kappa shape index (κ3) is 4.16. The van der Waals surface area contributed by atoms with Gasteiger partial charge in [-0.05, 0) is 38.1 Å². The van der Waals surface area contributed by atoms with Gasteiger partial charge in [-0.15, -0.1) is 12.4 Å². The SMILES string of the molecule is CNCC1CCCN1S(=O)(=O)c1cc(Cl)ccc1C(=O)OC.Cl. The van der Waals surface area contributed by atoms with E-state index in [1.165, 1.54) is 29.6 Å². The summed E-state index contributed by atoms with van der Waals surface area (Å²) in [6.45, 7) is 0.995. The standard InChI is InChI=1S/C14H19ClN2O4S.ClH/c1-16-9-11-4-3-7-17(11)22(19,20)13-8-10(15)5-6-12(13)14(18)21-2;/h5-6,8,11,16H,3-4,7,9H2,1-2H3;1H. The Balaban J connectivity index is 0.00000264. The lowest BCUT2D eigenvalue weighted by Crippen LogP contribution is -2.41. The smallest absolute Gasteiger partial charge is 0.339 e. The Hall–Kier alpha value is -0.860. The molecule has 23 heavy (non-hydrogen) atoms. The second-order valence-electron chi connectivity index (χ2n) is 5.10. The number of rotatable bonds is 5. The van der Waals surface area contributed by atoms with Crippen molar-refractivity contribution < 1.29 is 17.9 Å². The highest BCUT2D eigenvalue weighted by Gasteiger charge is 2.37. The van der Waals surface area contributed by atoms with Crippen molar-refractivity contribution >= 4 is 40.0 Å². The van der Waals surface area contributed by atoms with E-state index in [0.29, 0.717) is 13.1 Å². The summed E-state index contributed by atoms with van der Waals surface area (Å²) in [6, 6.07) is 4.03. The number of halogens is 2. The van der Waals surface area contributed by atoms with Crippen LogP contribution in [0.2, 0.25) is 5.02 Å². The van der Waals surface area contributed by atoms with E-state index in [2.05, 4.69) is 10.1 Å². The highest BCUT2D eigenvalue weighted by molar-refractivity contribution is 7.89. The number of methoxy groups -OCH3 is 1. The lowest BCUT2D eigenvalue weighted by Gasteiger charge is -2.24. The molecule has 0 saturated carbocycles. The van der Waals surface area contributed by atoms with Crippen LogP contribution in [0.5, 0.6) is 0 Å². The number of nitrogens with one attached hydrogen (secondary N) is 1. The predicted octanol–water partition coefficient (Wildman–Crippen LogP) is 1.92. The first kappa shape index (κ1) is 20.2. The Morgan fingerprint density at radius 2 is 2.17 bits per heavy atom. The molecule has 1 fully saturated rings. The molecule has 1 aromatic carbocycles. The molecular formula is C14H20Cl2N2O4S. The van der Waals surface area contributed by atoms with Crippen LogP contribution in [0.4, 0.5) is 0 Å². The van der Waals surface area contributed by atoms with Gasteiger partial charge in [-0.2, -0.15) is 4.31 Å². The number of hydrogen-bond donors (Lipinski definition) is 1. The second-order valence-corrected chi connectivity index (χ2v) is 7.40. The molecule has 6 nitrogen and oxygen atoms in total. The summed E-state index contributed by atoms with van der Waals surface area (Å²) in [6.07, 6.45) is 1.58. The number of hydrogen-bond acceptors (Lipinski definition) is 5. The number of ether oxygens (including phenoxy) is 1. The molecule has 0 bridgehead atoms. The van der Waals surface area contributed by atoms with Crippen molar-refractivity contribution in [2.75, 3.05) is 27.2 Å². The van der Waals surface area contributed by atoms with Gasteiger partial charge in [0.15, 0.2) is 0 Å². The van der Waals surface area contributed by atoms with Crippen molar-refractivity contribution in [1.29, 1.82) is 0 Å². The Bertz CT molecular complexity index is 667. The van der Waals surface area contributed by atoms with Gasteiger partial charge in [-0.1, -0.05) is 11.6 Å². The zero-order valence-corrected chi connectivity index (χ0v) is 15.3. The first-order valence-corrected chi connectivity index (χ1v) is 8.78. The van der Waals surface area contributed by atoms with Crippen molar-refractivity contribution in [3.63, 3.8) is 0 Å². The molecule has 0 aromatic heterocycles. The van der Waals surface area contributed by atoms with Crippen LogP contribution in [0, 0.1) is 0 Å². The van der Waals surface area contributed by atoms with Crippen LogP contribution in [0.25, 0.3) is 0 Å². The number of sulfonamides is 1. The summed E-state index contributed by atoms with van der Waals surface area (Å²) >= 11 is 5.93. The molecule has 1 aliphatic rings.